The topological polar surface area (TPSA) is 54.4 Å². The summed E-state index contributed by atoms with van der Waals surface area (Å²) < 4.78 is 5.32. The van der Waals surface area contributed by atoms with Crippen molar-refractivity contribution in [3.05, 3.63) is 28.0 Å². The van der Waals surface area contributed by atoms with Gasteiger partial charge in [-0.1, -0.05) is 0 Å². The molecule has 0 bridgehead atoms. The molecule has 6 nitrogen and oxygen atoms in total. The van der Waals surface area contributed by atoms with Gasteiger partial charge in [0.2, 0.25) is 5.88 Å². The molecule has 150 valence electrons. The molecule has 1 aliphatic heterocycles. The van der Waals surface area contributed by atoms with E-state index in [0.29, 0.717) is 18.0 Å². The van der Waals surface area contributed by atoms with Gasteiger partial charge in [-0.25, -0.2) is 15.0 Å². The van der Waals surface area contributed by atoms with E-state index in [1.54, 1.807) is 18.3 Å². The van der Waals surface area contributed by atoms with Crippen LogP contribution in [-0.4, -0.2) is 52.1 Å². The lowest BCUT2D eigenvalue weighted by Gasteiger charge is -2.39. The number of piperidine rings is 1. The van der Waals surface area contributed by atoms with Crippen molar-refractivity contribution in [2.24, 2.45) is 0 Å². The summed E-state index contributed by atoms with van der Waals surface area (Å²) in [6.07, 6.45) is 11.6. The summed E-state index contributed by atoms with van der Waals surface area (Å²) in [5.41, 5.74) is 1.39. The van der Waals surface area contributed by atoms with Gasteiger partial charge in [-0.2, -0.15) is 0 Å². The lowest BCUT2D eigenvalue weighted by molar-refractivity contribution is 0.200. The second kappa shape index (κ2) is 7.95. The highest BCUT2D eigenvalue weighted by atomic mass is 32.1. The van der Waals surface area contributed by atoms with E-state index < -0.39 is 0 Å². The summed E-state index contributed by atoms with van der Waals surface area (Å²) in [6, 6.07) is 3.19. The molecule has 0 N–H and O–H groups in total. The molecule has 0 atom stereocenters. The maximum Gasteiger partial charge on any atom is 0.218 e. The van der Waals surface area contributed by atoms with Crippen LogP contribution in [0.3, 0.4) is 0 Å². The maximum atomic E-state index is 5.32. The maximum absolute atomic E-state index is 5.32. The Hall–Kier alpha value is -1.73. The Morgan fingerprint density at radius 2 is 1.89 bits per heavy atom. The minimum absolute atomic E-state index is 0.563. The number of aromatic nitrogens is 3. The van der Waals surface area contributed by atoms with Crippen molar-refractivity contribution in [1.82, 2.24) is 19.9 Å². The van der Waals surface area contributed by atoms with Crippen LogP contribution in [0.1, 0.15) is 54.1 Å². The Labute approximate surface area is 171 Å². The van der Waals surface area contributed by atoms with Crippen molar-refractivity contribution in [2.75, 3.05) is 25.1 Å². The number of anilines is 1. The van der Waals surface area contributed by atoms with Gasteiger partial charge in [0.15, 0.2) is 0 Å². The lowest BCUT2D eigenvalue weighted by Crippen LogP contribution is -2.46. The molecule has 0 amide bonds. The third-order valence-electron chi connectivity index (χ3n) is 6.24. The zero-order valence-electron chi connectivity index (χ0n) is 16.6. The van der Waals surface area contributed by atoms with Crippen LogP contribution in [0.25, 0.3) is 0 Å². The number of nitrogens with zero attached hydrogens (tertiary/aromatic N) is 5. The van der Waals surface area contributed by atoms with Crippen LogP contribution in [0, 0.1) is 0 Å². The molecule has 5 rings (SSSR count). The first-order valence-electron chi connectivity index (χ1n) is 10.6. The number of methoxy groups -OCH3 is 1. The fourth-order valence-corrected chi connectivity index (χ4v) is 5.83. The summed E-state index contributed by atoms with van der Waals surface area (Å²) in [4.78, 5) is 20.4. The highest BCUT2D eigenvalue weighted by Gasteiger charge is 2.36. The number of likely N-dealkylation sites (tertiary alicyclic amines) is 1. The van der Waals surface area contributed by atoms with E-state index in [4.69, 9.17) is 9.72 Å². The SMILES string of the molecule is COc1cc(N(C2CC2)C2CCN(Cc3nc4c(s3)CCCC4)CC2)ncn1. The van der Waals surface area contributed by atoms with Gasteiger partial charge in [0.1, 0.15) is 17.2 Å². The minimum Gasteiger partial charge on any atom is -0.481 e. The summed E-state index contributed by atoms with van der Waals surface area (Å²) in [5.74, 6) is 1.68. The number of hydrogen-bond acceptors (Lipinski definition) is 7. The lowest BCUT2D eigenvalue weighted by atomic mass is 10.0. The fraction of sp³-hybridized carbons (Fsp3) is 0.667. The standard InChI is InChI=1S/C21H29N5OS/c1-27-20-12-19(22-14-23-20)26(15-6-7-15)16-8-10-25(11-9-16)13-21-24-17-4-2-3-5-18(17)28-21/h12,14-16H,2-11,13H2,1H3. The van der Waals surface area contributed by atoms with Crippen molar-refractivity contribution in [3.63, 3.8) is 0 Å². The van der Waals surface area contributed by atoms with Crippen molar-refractivity contribution in [3.8, 4) is 5.88 Å². The highest BCUT2D eigenvalue weighted by molar-refractivity contribution is 7.11. The average molecular weight is 400 g/mol. The zero-order valence-corrected chi connectivity index (χ0v) is 17.5. The number of aryl methyl sites for hydroxylation is 2. The summed E-state index contributed by atoms with van der Waals surface area (Å²) in [6.45, 7) is 3.30. The summed E-state index contributed by atoms with van der Waals surface area (Å²) in [5, 5.41) is 1.32. The largest absolute Gasteiger partial charge is 0.481 e. The number of ether oxygens (including phenoxy) is 1. The van der Waals surface area contributed by atoms with Crippen molar-refractivity contribution in [2.45, 2.75) is 70.0 Å². The second-order valence-corrected chi connectivity index (χ2v) is 9.42. The van der Waals surface area contributed by atoms with Gasteiger partial charge in [-0.05, 0) is 51.4 Å². The predicted molar refractivity (Wildman–Crippen MR) is 111 cm³/mol. The first-order valence-corrected chi connectivity index (χ1v) is 11.5. The number of hydrogen-bond donors (Lipinski definition) is 0. The molecule has 2 aliphatic carbocycles. The Bertz CT molecular complexity index is 789. The Morgan fingerprint density at radius 1 is 1.11 bits per heavy atom. The molecular weight excluding hydrogens is 370 g/mol. The molecule has 2 aromatic rings. The van der Waals surface area contributed by atoms with E-state index >= 15 is 0 Å². The van der Waals surface area contributed by atoms with Gasteiger partial charge >= 0.3 is 0 Å². The van der Waals surface area contributed by atoms with Crippen LogP contribution >= 0.6 is 11.3 Å². The van der Waals surface area contributed by atoms with Gasteiger partial charge < -0.3 is 9.64 Å². The van der Waals surface area contributed by atoms with Crippen molar-refractivity contribution >= 4 is 17.2 Å². The third-order valence-corrected chi connectivity index (χ3v) is 7.38. The normalized spacial score (nSPS) is 20.8. The van der Waals surface area contributed by atoms with Crippen LogP contribution < -0.4 is 9.64 Å². The first kappa shape index (κ1) is 18.3. The molecule has 0 aromatic carbocycles. The molecule has 0 unspecified atom stereocenters. The predicted octanol–water partition coefficient (Wildman–Crippen LogP) is 3.45. The minimum atomic E-state index is 0.563. The van der Waals surface area contributed by atoms with E-state index in [2.05, 4.69) is 19.8 Å². The molecule has 7 heteroatoms. The first-order chi connectivity index (χ1) is 13.8. The van der Waals surface area contributed by atoms with E-state index in [1.165, 1.54) is 62.1 Å². The van der Waals surface area contributed by atoms with Crippen molar-refractivity contribution < 1.29 is 4.74 Å². The van der Waals surface area contributed by atoms with E-state index in [9.17, 15) is 0 Å². The monoisotopic (exact) mass is 399 g/mol. The quantitative estimate of drug-likeness (QED) is 0.742. The van der Waals surface area contributed by atoms with E-state index in [0.717, 1.165) is 25.5 Å². The van der Waals surface area contributed by atoms with Crippen molar-refractivity contribution in [1.29, 1.82) is 0 Å². The smallest absolute Gasteiger partial charge is 0.218 e. The van der Waals surface area contributed by atoms with Gasteiger partial charge in [0.05, 0.1) is 19.3 Å². The number of thiazole rings is 1. The zero-order chi connectivity index (χ0) is 18.9. The number of rotatable bonds is 6. The molecule has 1 saturated carbocycles. The molecule has 2 aromatic heterocycles. The van der Waals surface area contributed by atoms with Crippen LogP contribution in [0.4, 0.5) is 5.82 Å². The van der Waals surface area contributed by atoms with Gasteiger partial charge in [0, 0.05) is 36.1 Å². The highest BCUT2D eigenvalue weighted by Crippen LogP contribution is 2.36. The molecule has 2 fully saturated rings. The average Bonchev–Trinajstić information content (AvgIpc) is 3.48. The molecule has 1 saturated heterocycles. The molecule has 3 aliphatic rings. The third kappa shape index (κ3) is 3.87. The van der Waals surface area contributed by atoms with Crippen LogP contribution in [0.15, 0.2) is 12.4 Å². The molecule has 0 spiro atoms. The van der Waals surface area contributed by atoms with Crippen LogP contribution in [0.5, 0.6) is 5.88 Å². The fourth-order valence-electron chi connectivity index (χ4n) is 4.63. The van der Waals surface area contributed by atoms with Crippen LogP contribution in [-0.2, 0) is 19.4 Å². The Balaban J connectivity index is 1.22. The summed E-state index contributed by atoms with van der Waals surface area (Å²) >= 11 is 1.96. The van der Waals surface area contributed by atoms with Gasteiger partial charge in [-0.15, -0.1) is 11.3 Å². The second-order valence-electron chi connectivity index (χ2n) is 8.25. The molecular formula is C21H29N5OS. The summed E-state index contributed by atoms with van der Waals surface area (Å²) in [7, 11) is 1.67. The van der Waals surface area contributed by atoms with Gasteiger partial charge in [-0.3, -0.25) is 4.90 Å². The Kier molecular flexibility index (Phi) is 5.20. The van der Waals surface area contributed by atoms with E-state index in [-0.39, 0.29) is 0 Å². The van der Waals surface area contributed by atoms with Crippen LogP contribution in [0.2, 0.25) is 0 Å². The van der Waals surface area contributed by atoms with E-state index in [1.807, 2.05) is 17.4 Å². The molecule has 28 heavy (non-hydrogen) atoms. The van der Waals surface area contributed by atoms with Gasteiger partial charge in [0.25, 0.3) is 0 Å². The number of fused-ring (bicyclic) bond motifs is 1. The molecule has 3 heterocycles. The molecule has 0 radical (unpaired) electrons. The Morgan fingerprint density at radius 3 is 2.64 bits per heavy atom.